The summed E-state index contributed by atoms with van der Waals surface area (Å²) >= 11 is 0. The number of hydrogen-bond acceptors (Lipinski definition) is 4. The molecule has 1 aromatic carbocycles. The standard InChI is InChI=1S/C15H24N2O3S/c1-10-7-11(2)15(14(8-10)20-3)21(18,19)17-13-6-4-5-12(13)9-16/h7-8,12-13,17H,4-6,9,16H2,1-3H3. The van der Waals surface area contributed by atoms with Crippen LogP contribution in [0.25, 0.3) is 0 Å². The average molecular weight is 312 g/mol. The molecule has 5 nitrogen and oxygen atoms in total. The van der Waals surface area contributed by atoms with Crippen molar-refractivity contribution in [1.29, 1.82) is 0 Å². The maximum absolute atomic E-state index is 12.7. The lowest BCUT2D eigenvalue weighted by Gasteiger charge is -2.21. The van der Waals surface area contributed by atoms with Crippen molar-refractivity contribution in [3.05, 3.63) is 23.3 Å². The summed E-state index contributed by atoms with van der Waals surface area (Å²) in [6, 6.07) is 3.52. The lowest BCUT2D eigenvalue weighted by molar-refractivity contribution is 0.399. The Bertz CT molecular complexity index is 614. The van der Waals surface area contributed by atoms with E-state index in [-0.39, 0.29) is 16.9 Å². The number of nitrogens with one attached hydrogen (secondary N) is 1. The molecular weight excluding hydrogens is 288 g/mol. The second-order valence-corrected chi connectivity index (χ2v) is 7.42. The van der Waals surface area contributed by atoms with E-state index in [1.807, 2.05) is 13.0 Å². The summed E-state index contributed by atoms with van der Waals surface area (Å²) in [5, 5.41) is 0. The van der Waals surface area contributed by atoms with Crippen LogP contribution in [-0.2, 0) is 10.0 Å². The van der Waals surface area contributed by atoms with E-state index in [0.717, 1.165) is 24.8 Å². The van der Waals surface area contributed by atoms with Gasteiger partial charge >= 0.3 is 0 Å². The molecule has 2 rings (SSSR count). The number of nitrogens with two attached hydrogens (primary N) is 1. The van der Waals surface area contributed by atoms with Crippen molar-refractivity contribution in [2.45, 2.75) is 44.0 Å². The van der Waals surface area contributed by atoms with Crippen LogP contribution in [0.3, 0.4) is 0 Å². The van der Waals surface area contributed by atoms with Crippen molar-refractivity contribution in [1.82, 2.24) is 4.72 Å². The van der Waals surface area contributed by atoms with Crippen LogP contribution in [0.2, 0.25) is 0 Å². The normalized spacial score (nSPS) is 22.5. The molecule has 118 valence electrons. The molecule has 0 aliphatic heterocycles. The summed E-state index contributed by atoms with van der Waals surface area (Å²) in [7, 11) is -2.12. The van der Waals surface area contributed by atoms with Gasteiger partial charge in [0.15, 0.2) is 0 Å². The number of methoxy groups -OCH3 is 1. The molecule has 1 aliphatic rings. The molecule has 1 fully saturated rings. The van der Waals surface area contributed by atoms with Gasteiger partial charge in [0.25, 0.3) is 0 Å². The van der Waals surface area contributed by atoms with Gasteiger partial charge in [0.2, 0.25) is 10.0 Å². The third kappa shape index (κ3) is 3.39. The minimum atomic E-state index is -3.61. The van der Waals surface area contributed by atoms with Gasteiger partial charge in [-0.1, -0.05) is 12.5 Å². The maximum Gasteiger partial charge on any atom is 0.244 e. The highest BCUT2D eigenvalue weighted by atomic mass is 32.2. The predicted molar refractivity (Wildman–Crippen MR) is 83.0 cm³/mol. The van der Waals surface area contributed by atoms with Gasteiger partial charge in [-0.2, -0.15) is 0 Å². The van der Waals surface area contributed by atoms with Crippen molar-refractivity contribution in [3.63, 3.8) is 0 Å². The molecule has 0 bridgehead atoms. The van der Waals surface area contributed by atoms with Crippen LogP contribution in [-0.4, -0.2) is 28.1 Å². The SMILES string of the molecule is COc1cc(C)cc(C)c1S(=O)(=O)NC1CCCC1CN. The minimum Gasteiger partial charge on any atom is -0.495 e. The molecule has 21 heavy (non-hydrogen) atoms. The summed E-state index contributed by atoms with van der Waals surface area (Å²) < 4.78 is 33.5. The number of rotatable bonds is 5. The van der Waals surface area contributed by atoms with Crippen LogP contribution < -0.4 is 15.2 Å². The lowest BCUT2D eigenvalue weighted by Crippen LogP contribution is -2.40. The summed E-state index contributed by atoms with van der Waals surface area (Å²) in [6.07, 6.45) is 2.83. The van der Waals surface area contributed by atoms with Gasteiger partial charge in [-0.15, -0.1) is 0 Å². The molecule has 0 spiro atoms. The van der Waals surface area contributed by atoms with E-state index in [9.17, 15) is 8.42 Å². The van der Waals surface area contributed by atoms with Crippen LogP contribution in [0.1, 0.15) is 30.4 Å². The monoisotopic (exact) mass is 312 g/mol. The Morgan fingerprint density at radius 1 is 1.33 bits per heavy atom. The summed E-state index contributed by atoms with van der Waals surface area (Å²) in [4.78, 5) is 0.235. The molecule has 1 aromatic rings. The first-order valence-electron chi connectivity index (χ1n) is 7.26. The zero-order valence-corrected chi connectivity index (χ0v) is 13.7. The second kappa shape index (κ2) is 6.34. The minimum absolute atomic E-state index is 0.0783. The topological polar surface area (TPSA) is 81.4 Å². The van der Waals surface area contributed by atoms with Gasteiger partial charge in [0, 0.05) is 6.04 Å². The maximum atomic E-state index is 12.7. The average Bonchev–Trinajstić information content (AvgIpc) is 2.83. The van der Waals surface area contributed by atoms with Crippen molar-refractivity contribution in [3.8, 4) is 5.75 Å². The van der Waals surface area contributed by atoms with Crippen LogP contribution in [0.15, 0.2) is 17.0 Å². The van der Waals surface area contributed by atoms with Crippen molar-refractivity contribution < 1.29 is 13.2 Å². The Morgan fingerprint density at radius 2 is 2.05 bits per heavy atom. The number of ether oxygens (including phenoxy) is 1. The zero-order valence-electron chi connectivity index (χ0n) is 12.8. The fourth-order valence-electron chi connectivity index (χ4n) is 3.14. The number of benzene rings is 1. The molecular formula is C15H24N2O3S. The van der Waals surface area contributed by atoms with E-state index in [1.54, 1.807) is 13.0 Å². The molecule has 0 amide bonds. The largest absolute Gasteiger partial charge is 0.495 e. The summed E-state index contributed by atoms with van der Waals surface area (Å²) in [6.45, 7) is 4.22. The van der Waals surface area contributed by atoms with E-state index in [4.69, 9.17) is 10.5 Å². The third-order valence-electron chi connectivity index (χ3n) is 4.14. The Kier molecular flexibility index (Phi) is 4.91. The van der Waals surface area contributed by atoms with Crippen molar-refractivity contribution in [2.75, 3.05) is 13.7 Å². The number of aryl methyl sites for hydroxylation is 2. The van der Waals surface area contributed by atoms with Gasteiger partial charge in [-0.3, -0.25) is 0 Å². The Hall–Kier alpha value is -1.11. The van der Waals surface area contributed by atoms with E-state index >= 15 is 0 Å². The fraction of sp³-hybridized carbons (Fsp3) is 0.600. The first kappa shape index (κ1) is 16.3. The van der Waals surface area contributed by atoms with Gasteiger partial charge in [-0.05, 0) is 56.3 Å². The van der Waals surface area contributed by atoms with Crippen LogP contribution in [0.4, 0.5) is 0 Å². The molecule has 0 radical (unpaired) electrons. The highest BCUT2D eigenvalue weighted by Crippen LogP contribution is 2.31. The molecule has 6 heteroatoms. The molecule has 3 N–H and O–H groups in total. The first-order valence-corrected chi connectivity index (χ1v) is 8.75. The lowest BCUT2D eigenvalue weighted by atomic mass is 10.1. The number of sulfonamides is 1. The molecule has 1 saturated carbocycles. The van der Waals surface area contributed by atoms with Crippen molar-refractivity contribution in [2.24, 2.45) is 11.7 Å². The van der Waals surface area contributed by atoms with Crippen LogP contribution >= 0.6 is 0 Å². The molecule has 1 aliphatic carbocycles. The quantitative estimate of drug-likeness (QED) is 0.867. The number of hydrogen-bond donors (Lipinski definition) is 2. The van der Waals surface area contributed by atoms with Gasteiger partial charge < -0.3 is 10.5 Å². The Morgan fingerprint density at radius 3 is 2.67 bits per heavy atom. The molecule has 0 saturated heterocycles. The van der Waals surface area contributed by atoms with Gasteiger partial charge in [0.1, 0.15) is 10.6 Å². The second-order valence-electron chi connectivity index (χ2n) is 5.77. The zero-order chi connectivity index (χ0) is 15.6. The van der Waals surface area contributed by atoms with E-state index in [1.165, 1.54) is 7.11 Å². The summed E-state index contributed by atoms with van der Waals surface area (Å²) in [5.41, 5.74) is 7.40. The van der Waals surface area contributed by atoms with E-state index in [2.05, 4.69) is 4.72 Å². The van der Waals surface area contributed by atoms with E-state index < -0.39 is 10.0 Å². The van der Waals surface area contributed by atoms with Crippen LogP contribution in [0, 0.1) is 19.8 Å². The molecule has 0 heterocycles. The molecule has 0 aromatic heterocycles. The molecule has 2 atom stereocenters. The highest BCUT2D eigenvalue weighted by Gasteiger charge is 2.32. The van der Waals surface area contributed by atoms with Crippen molar-refractivity contribution >= 4 is 10.0 Å². The van der Waals surface area contributed by atoms with Gasteiger partial charge in [0.05, 0.1) is 7.11 Å². The fourth-order valence-corrected chi connectivity index (χ4v) is 4.86. The van der Waals surface area contributed by atoms with E-state index in [0.29, 0.717) is 17.9 Å². The molecule has 2 unspecified atom stereocenters. The Balaban J connectivity index is 2.36. The smallest absolute Gasteiger partial charge is 0.244 e. The highest BCUT2D eigenvalue weighted by molar-refractivity contribution is 7.89. The first-order chi connectivity index (χ1) is 9.89. The third-order valence-corrected chi connectivity index (χ3v) is 5.82. The Labute approximate surface area is 126 Å². The predicted octanol–water partition coefficient (Wildman–Crippen LogP) is 1.72. The summed E-state index contributed by atoms with van der Waals surface area (Å²) in [5.74, 6) is 0.610. The van der Waals surface area contributed by atoms with Crippen LogP contribution in [0.5, 0.6) is 5.75 Å². The van der Waals surface area contributed by atoms with Gasteiger partial charge in [-0.25, -0.2) is 13.1 Å².